The Morgan fingerprint density at radius 1 is 1.05 bits per heavy atom. The third-order valence-electron chi connectivity index (χ3n) is 5.37. The van der Waals surface area contributed by atoms with E-state index in [1.807, 2.05) is 0 Å². The number of para-hydroxylation sites is 1. The molecular weight excluding hydrogens is 234 g/mol. The number of fused-ring (bicyclic) bond motifs is 1. The average molecular weight is 257 g/mol. The first-order valence-corrected chi connectivity index (χ1v) is 7.79. The normalized spacial score (nSPS) is 37.7. The van der Waals surface area contributed by atoms with Crippen molar-refractivity contribution >= 4 is 0 Å². The van der Waals surface area contributed by atoms with Crippen LogP contribution in [0.4, 0.5) is 0 Å². The number of nitrogens with two attached hydrogens (primary N) is 1. The van der Waals surface area contributed by atoms with E-state index in [2.05, 4.69) is 24.3 Å². The van der Waals surface area contributed by atoms with Gasteiger partial charge in [0.15, 0.2) is 0 Å². The van der Waals surface area contributed by atoms with Gasteiger partial charge in [-0.05, 0) is 56.4 Å². The molecule has 2 unspecified atom stereocenters. The molecule has 0 bridgehead atoms. The third kappa shape index (κ3) is 2.06. The topological polar surface area (TPSA) is 35.2 Å². The zero-order valence-electron chi connectivity index (χ0n) is 11.5. The molecule has 3 aliphatic rings. The monoisotopic (exact) mass is 257 g/mol. The van der Waals surface area contributed by atoms with Gasteiger partial charge >= 0.3 is 0 Å². The summed E-state index contributed by atoms with van der Waals surface area (Å²) >= 11 is 0. The fraction of sp³-hybridized carbons (Fsp3) is 0.647. The molecule has 1 aliphatic heterocycles. The van der Waals surface area contributed by atoms with Gasteiger partial charge in [-0.3, -0.25) is 0 Å². The molecule has 2 fully saturated rings. The molecule has 19 heavy (non-hydrogen) atoms. The van der Waals surface area contributed by atoms with Crippen LogP contribution in [0.5, 0.6) is 5.75 Å². The molecule has 1 aromatic rings. The van der Waals surface area contributed by atoms with Crippen molar-refractivity contribution in [3.63, 3.8) is 0 Å². The first-order valence-electron chi connectivity index (χ1n) is 7.79. The van der Waals surface area contributed by atoms with Crippen molar-refractivity contribution in [1.29, 1.82) is 0 Å². The second-order valence-electron chi connectivity index (χ2n) is 6.83. The summed E-state index contributed by atoms with van der Waals surface area (Å²) in [5.41, 5.74) is 7.65. The molecule has 0 saturated heterocycles. The molecule has 0 radical (unpaired) electrons. The molecule has 4 rings (SSSR count). The Hall–Kier alpha value is -1.02. The van der Waals surface area contributed by atoms with Crippen LogP contribution in [-0.2, 0) is 0 Å². The van der Waals surface area contributed by atoms with Gasteiger partial charge in [-0.25, -0.2) is 0 Å². The minimum Gasteiger partial charge on any atom is -0.487 e. The van der Waals surface area contributed by atoms with E-state index in [1.165, 1.54) is 44.1 Å². The lowest BCUT2D eigenvalue weighted by Crippen LogP contribution is -2.46. The molecule has 1 aromatic carbocycles. The molecule has 1 spiro atoms. The third-order valence-corrected chi connectivity index (χ3v) is 5.37. The van der Waals surface area contributed by atoms with E-state index < -0.39 is 0 Å². The van der Waals surface area contributed by atoms with Crippen molar-refractivity contribution in [2.75, 3.05) is 0 Å². The number of hydrogen-bond acceptors (Lipinski definition) is 2. The Bertz CT molecular complexity index is 482. The zero-order valence-corrected chi connectivity index (χ0v) is 11.5. The van der Waals surface area contributed by atoms with Gasteiger partial charge in [0.05, 0.1) is 0 Å². The van der Waals surface area contributed by atoms with Crippen LogP contribution in [0.15, 0.2) is 24.3 Å². The first-order chi connectivity index (χ1) is 9.26. The first kappa shape index (κ1) is 11.8. The van der Waals surface area contributed by atoms with E-state index in [1.54, 1.807) is 0 Å². The van der Waals surface area contributed by atoms with Crippen LogP contribution in [-0.4, -0.2) is 5.60 Å². The van der Waals surface area contributed by atoms with Crippen LogP contribution in [0.2, 0.25) is 0 Å². The van der Waals surface area contributed by atoms with Crippen LogP contribution in [0.3, 0.4) is 0 Å². The predicted octanol–water partition coefficient (Wildman–Crippen LogP) is 3.81. The average Bonchev–Trinajstić information content (AvgIpc) is 3.23. The molecule has 1 heterocycles. The second-order valence-corrected chi connectivity index (χ2v) is 6.83. The lowest BCUT2D eigenvalue weighted by atomic mass is 9.71. The van der Waals surface area contributed by atoms with Gasteiger partial charge < -0.3 is 10.5 Å². The maximum absolute atomic E-state index is 6.46. The maximum Gasteiger partial charge on any atom is 0.124 e. The minimum atomic E-state index is 0.0409. The molecule has 0 amide bonds. The molecule has 2 N–H and O–H groups in total. The Labute approximate surface area is 115 Å². The molecule has 2 heteroatoms. The van der Waals surface area contributed by atoms with Crippen LogP contribution >= 0.6 is 0 Å². The van der Waals surface area contributed by atoms with Crippen molar-refractivity contribution in [1.82, 2.24) is 0 Å². The molecule has 2 aliphatic carbocycles. The van der Waals surface area contributed by atoms with Gasteiger partial charge in [-0.15, -0.1) is 0 Å². The quantitative estimate of drug-likeness (QED) is 0.830. The Morgan fingerprint density at radius 2 is 1.89 bits per heavy atom. The van der Waals surface area contributed by atoms with Crippen molar-refractivity contribution in [3.05, 3.63) is 29.8 Å². The summed E-state index contributed by atoms with van der Waals surface area (Å²) in [6.07, 6.45) is 9.06. The highest BCUT2D eigenvalue weighted by Gasteiger charge is 2.46. The SMILES string of the molecule is N[C@H]1CC2(CCCC(C3CC3)C2)Oc2ccccc21. The zero-order chi connectivity index (χ0) is 12.9. The minimum absolute atomic E-state index is 0.0409. The van der Waals surface area contributed by atoms with Crippen LogP contribution in [0, 0.1) is 11.8 Å². The number of ether oxygens (including phenoxy) is 1. The van der Waals surface area contributed by atoms with Gasteiger partial charge in [0.2, 0.25) is 0 Å². The van der Waals surface area contributed by atoms with E-state index in [9.17, 15) is 0 Å². The van der Waals surface area contributed by atoms with E-state index in [0.717, 1.165) is 24.0 Å². The largest absolute Gasteiger partial charge is 0.487 e. The van der Waals surface area contributed by atoms with Gasteiger partial charge in [0.25, 0.3) is 0 Å². The fourth-order valence-electron chi connectivity index (χ4n) is 4.28. The molecule has 2 saturated carbocycles. The van der Waals surface area contributed by atoms with Gasteiger partial charge in [0, 0.05) is 18.0 Å². The molecular formula is C17H23NO. The Kier molecular flexibility index (Phi) is 2.63. The van der Waals surface area contributed by atoms with Crippen LogP contribution in [0.25, 0.3) is 0 Å². The highest BCUT2D eigenvalue weighted by Crippen LogP contribution is 2.51. The van der Waals surface area contributed by atoms with Gasteiger partial charge in [-0.1, -0.05) is 18.2 Å². The smallest absolute Gasteiger partial charge is 0.124 e. The highest BCUT2D eigenvalue weighted by molar-refractivity contribution is 5.38. The molecule has 2 nitrogen and oxygen atoms in total. The van der Waals surface area contributed by atoms with E-state index in [0.29, 0.717) is 0 Å². The summed E-state index contributed by atoms with van der Waals surface area (Å²) in [5, 5.41) is 0. The number of benzene rings is 1. The standard InChI is InChI=1S/C17H23NO/c18-15-11-17(19-16-6-2-1-5-14(15)16)9-3-4-13(10-17)12-7-8-12/h1-2,5-6,12-13,15H,3-4,7-11,18H2/t13?,15-,17?/m0/s1. The van der Waals surface area contributed by atoms with Gasteiger partial charge in [-0.2, -0.15) is 0 Å². The van der Waals surface area contributed by atoms with E-state index in [4.69, 9.17) is 10.5 Å². The lowest BCUT2D eigenvalue weighted by molar-refractivity contribution is -0.0207. The van der Waals surface area contributed by atoms with Crippen molar-refractivity contribution < 1.29 is 4.74 Å². The lowest BCUT2D eigenvalue weighted by Gasteiger charge is -2.46. The summed E-state index contributed by atoms with van der Waals surface area (Å²) < 4.78 is 6.46. The van der Waals surface area contributed by atoms with Crippen LogP contribution < -0.4 is 10.5 Å². The molecule has 3 atom stereocenters. The van der Waals surface area contributed by atoms with Crippen molar-refractivity contribution in [3.8, 4) is 5.75 Å². The fourth-order valence-corrected chi connectivity index (χ4v) is 4.28. The summed E-state index contributed by atoms with van der Waals surface area (Å²) in [4.78, 5) is 0. The van der Waals surface area contributed by atoms with Crippen LogP contribution in [0.1, 0.15) is 56.6 Å². The predicted molar refractivity (Wildman–Crippen MR) is 76.0 cm³/mol. The molecule has 102 valence electrons. The molecule has 0 aromatic heterocycles. The number of hydrogen-bond donors (Lipinski definition) is 1. The van der Waals surface area contributed by atoms with E-state index >= 15 is 0 Å². The maximum atomic E-state index is 6.46. The summed E-state index contributed by atoms with van der Waals surface area (Å²) in [7, 11) is 0. The second kappa shape index (κ2) is 4.24. The summed E-state index contributed by atoms with van der Waals surface area (Å²) in [6.45, 7) is 0. The summed E-state index contributed by atoms with van der Waals surface area (Å²) in [6, 6.07) is 8.49. The van der Waals surface area contributed by atoms with E-state index in [-0.39, 0.29) is 11.6 Å². The van der Waals surface area contributed by atoms with Crippen molar-refractivity contribution in [2.24, 2.45) is 17.6 Å². The number of rotatable bonds is 1. The highest BCUT2D eigenvalue weighted by atomic mass is 16.5. The Balaban J connectivity index is 1.62. The summed E-state index contributed by atoms with van der Waals surface area (Å²) in [5.74, 6) is 2.93. The van der Waals surface area contributed by atoms with Crippen molar-refractivity contribution in [2.45, 2.75) is 56.6 Å². The Morgan fingerprint density at radius 3 is 2.74 bits per heavy atom. The van der Waals surface area contributed by atoms with Gasteiger partial charge in [0.1, 0.15) is 11.4 Å².